The summed E-state index contributed by atoms with van der Waals surface area (Å²) in [5.74, 6) is 0.880. The molecule has 0 saturated heterocycles. The van der Waals surface area contributed by atoms with Gasteiger partial charge in [-0.3, -0.25) is 9.98 Å². The highest BCUT2D eigenvalue weighted by Gasteiger charge is 2.18. The van der Waals surface area contributed by atoms with Crippen LogP contribution in [0.2, 0.25) is 0 Å². The lowest BCUT2D eigenvalue weighted by molar-refractivity contribution is -0.110. The Bertz CT molecular complexity index is 734. The normalized spacial score (nSPS) is 14.1. The van der Waals surface area contributed by atoms with Gasteiger partial charge in [0.05, 0.1) is 12.1 Å². The van der Waals surface area contributed by atoms with Crippen LogP contribution in [0, 0.1) is 0 Å². The molecule has 0 bridgehead atoms. The monoisotopic (exact) mass is 378 g/mol. The van der Waals surface area contributed by atoms with E-state index in [2.05, 4.69) is 20.6 Å². The average molecular weight is 378 g/mol. The van der Waals surface area contributed by atoms with Crippen molar-refractivity contribution in [1.82, 2.24) is 10.6 Å². The molecule has 146 valence electrons. The number of amidine groups is 2. The zero-order valence-electron chi connectivity index (χ0n) is 16.2. The predicted octanol–water partition coefficient (Wildman–Crippen LogP) is 1.84. The molecule has 2 unspecified atom stereocenters. The van der Waals surface area contributed by atoms with E-state index in [4.69, 9.17) is 0 Å². The first kappa shape index (κ1) is 21.0. The molecule has 2 N–H and O–H groups in total. The van der Waals surface area contributed by atoms with Gasteiger partial charge in [0.15, 0.2) is 11.7 Å². The van der Waals surface area contributed by atoms with Crippen molar-refractivity contribution in [2.75, 3.05) is 14.1 Å². The molecule has 2 aromatic carbocycles. The van der Waals surface area contributed by atoms with Gasteiger partial charge in [0, 0.05) is 14.1 Å². The molecule has 2 rings (SSSR count). The van der Waals surface area contributed by atoms with Gasteiger partial charge >= 0.3 is 0 Å². The van der Waals surface area contributed by atoms with Gasteiger partial charge in [-0.05, 0) is 24.0 Å². The highest BCUT2D eigenvalue weighted by molar-refractivity contribution is 6.40. The molecule has 0 aromatic heterocycles. The van der Waals surface area contributed by atoms with Gasteiger partial charge in [-0.25, -0.2) is 0 Å². The van der Waals surface area contributed by atoms with Crippen molar-refractivity contribution >= 4 is 24.2 Å². The van der Waals surface area contributed by atoms with Crippen molar-refractivity contribution in [3.63, 3.8) is 0 Å². The van der Waals surface area contributed by atoms with Gasteiger partial charge in [-0.1, -0.05) is 60.7 Å². The number of hydrogen-bond donors (Lipinski definition) is 2. The maximum absolute atomic E-state index is 11.6. The van der Waals surface area contributed by atoms with Crippen LogP contribution in [0.4, 0.5) is 0 Å². The van der Waals surface area contributed by atoms with Crippen LogP contribution in [0.15, 0.2) is 70.6 Å². The third kappa shape index (κ3) is 6.46. The molecular weight excluding hydrogens is 352 g/mol. The largest absolute Gasteiger partial charge is 0.357 e. The van der Waals surface area contributed by atoms with E-state index >= 15 is 0 Å². The standard InChI is InChI=1S/C22H26N4O2/c1-23-21(25-19(15-27)13-17-9-5-3-6-10-17)22(24-2)26-20(16-28)14-18-11-7-4-8-12-18/h3-12,15-16,19-20H,13-14H2,1-2H3,(H,23,25)(H,24,26). The molecule has 28 heavy (non-hydrogen) atoms. The second-order valence-electron chi connectivity index (χ2n) is 6.30. The van der Waals surface area contributed by atoms with Crippen LogP contribution in [-0.2, 0) is 22.4 Å². The number of hydrogen-bond acceptors (Lipinski definition) is 4. The number of carbonyl (C=O) groups excluding carboxylic acids is 2. The first-order valence-electron chi connectivity index (χ1n) is 9.15. The molecule has 0 saturated carbocycles. The number of aliphatic imine (C=N–C) groups is 2. The molecule has 2 aromatic rings. The fourth-order valence-electron chi connectivity index (χ4n) is 2.83. The van der Waals surface area contributed by atoms with E-state index in [-0.39, 0.29) is 0 Å². The van der Waals surface area contributed by atoms with E-state index in [1.807, 2.05) is 60.7 Å². The van der Waals surface area contributed by atoms with Crippen LogP contribution < -0.4 is 10.6 Å². The first-order chi connectivity index (χ1) is 13.7. The summed E-state index contributed by atoms with van der Waals surface area (Å²) in [7, 11) is 3.24. The van der Waals surface area contributed by atoms with E-state index in [9.17, 15) is 9.59 Å². The smallest absolute Gasteiger partial charge is 0.164 e. The van der Waals surface area contributed by atoms with Crippen LogP contribution in [0.25, 0.3) is 0 Å². The van der Waals surface area contributed by atoms with Crippen molar-refractivity contribution in [2.24, 2.45) is 9.98 Å². The summed E-state index contributed by atoms with van der Waals surface area (Å²) in [6.07, 6.45) is 2.77. The third-order valence-corrected chi connectivity index (χ3v) is 4.24. The summed E-state index contributed by atoms with van der Waals surface area (Å²) in [5.41, 5.74) is 2.08. The molecule has 0 radical (unpaired) electrons. The van der Waals surface area contributed by atoms with Crippen LogP contribution in [0.3, 0.4) is 0 Å². The lowest BCUT2D eigenvalue weighted by Crippen LogP contribution is -2.49. The lowest BCUT2D eigenvalue weighted by atomic mass is 10.1. The second kappa shape index (κ2) is 11.4. The minimum absolute atomic E-state index is 0.440. The van der Waals surface area contributed by atoms with Crippen molar-refractivity contribution in [1.29, 1.82) is 0 Å². The molecule has 0 aliphatic carbocycles. The topological polar surface area (TPSA) is 82.9 Å². The zero-order valence-corrected chi connectivity index (χ0v) is 16.2. The number of nitrogens with zero attached hydrogens (tertiary/aromatic N) is 2. The SMILES string of the molecule is CN=C(NC(C=O)Cc1ccccc1)C(=NC)NC(C=O)Cc1ccccc1. The molecular formula is C22H26N4O2. The number of aldehydes is 2. The molecule has 6 nitrogen and oxygen atoms in total. The van der Waals surface area contributed by atoms with Crippen LogP contribution in [0.5, 0.6) is 0 Å². The van der Waals surface area contributed by atoms with Gasteiger partial charge < -0.3 is 20.2 Å². The Kier molecular flexibility index (Phi) is 8.59. The number of benzene rings is 2. The minimum Gasteiger partial charge on any atom is -0.357 e. The Balaban J connectivity index is 2.04. The summed E-state index contributed by atoms with van der Waals surface area (Å²) in [6.45, 7) is 0. The Morgan fingerprint density at radius 2 is 1.11 bits per heavy atom. The van der Waals surface area contributed by atoms with Gasteiger partial charge in [-0.2, -0.15) is 0 Å². The number of carbonyl (C=O) groups is 2. The molecule has 0 spiro atoms. The molecule has 0 aliphatic rings. The van der Waals surface area contributed by atoms with Crippen molar-refractivity contribution < 1.29 is 9.59 Å². The van der Waals surface area contributed by atoms with Gasteiger partial charge in [0.1, 0.15) is 12.6 Å². The van der Waals surface area contributed by atoms with Crippen molar-refractivity contribution in [3.8, 4) is 0 Å². The molecule has 0 amide bonds. The van der Waals surface area contributed by atoms with E-state index in [1.54, 1.807) is 14.1 Å². The van der Waals surface area contributed by atoms with Crippen molar-refractivity contribution in [2.45, 2.75) is 24.9 Å². The summed E-state index contributed by atoms with van der Waals surface area (Å²) in [5, 5.41) is 6.24. The van der Waals surface area contributed by atoms with Gasteiger partial charge in [-0.15, -0.1) is 0 Å². The molecule has 0 aliphatic heterocycles. The van der Waals surface area contributed by atoms with Crippen LogP contribution in [0.1, 0.15) is 11.1 Å². The number of rotatable bonds is 8. The fraction of sp³-hybridized carbons (Fsp3) is 0.273. The van der Waals surface area contributed by atoms with E-state index in [0.717, 1.165) is 23.7 Å². The Morgan fingerprint density at radius 3 is 1.39 bits per heavy atom. The Hall–Kier alpha value is -3.28. The molecule has 2 atom stereocenters. The third-order valence-electron chi connectivity index (χ3n) is 4.24. The quantitative estimate of drug-likeness (QED) is 0.417. The Morgan fingerprint density at radius 1 is 0.750 bits per heavy atom. The van der Waals surface area contributed by atoms with E-state index in [0.29, 0.717) is 24.5 Å². The molecule has 6 heteroatoms. The summed E-state index contributed by atoms with van der Waals surface area (Å²) in [4.78, 5) is 31.6. The fourth-order valence-corrected chi connectivity index (χ4v) is 2.83. The Labute approximate surface area is 165 Å². The van der Waals surface area contributed by atoms with Crippen LogP contribution >= 0.6 is 0 Å². The average Bonchev–Trinajstić information content (AvgIpc) is 2.75. The highest BCUT2D eigenvalue weighted by Crippen LogP contribution is 2.04. The van der Waals surface area contributed by atoms with E-state index < -0.39 is 12.1 Å². The zero-order chi connectivity index (χ0) is 20.2. The highest BCUT2D eigenvalue weighted by atomic mass is 16.1. The van der Waals surface area contributed by atoms with Crippen LogP contribution in [-0.4, -0.2) is 50.4 Å². The summed E-state index contributed by atoms with van der Waals surface area (Å²) in [6, 6.07) is 18.6. The van der Waals surface area contributed by atoms with Crippen molar-refractivity contribution in [3.05, 3.63) is 71.8 Å². The van der Waals surface area contributed by atoms with Gasteiger partial charge in [0.2, 0.25) is 0 Å². The summed E-state index contributed by atoms with van der Waals surface area (Å²) < 4.78 is 0. The van der Waals surface area contributed by atoms with E-state index in [1.165, 1.54) is 0 Å². The molecule has 0 fully saturated rings. The lowest BCUT2D eigenvalue weighted by Gasteiger charge is -2.20. The summed E-state index contributed by atoms with van der Waals surface area (Å²) >= 11 is 0. The first-order valence-corrected chi connectivity index (χ1v) is 9.15. The number of nitrogens with one attached hydrogen (secondary N) is 2. The maximum atomic E-state index is 11.6. The molecule has 0 heterocycles. The van der Waals surface area contributed by atoms with Gasteiger partial charge in [0.25, 0.3) is 0 Å². The second-order valence-corrected chi connectivity index (χ2v) is 6.30. The minimum atomic E-state index is -0.455. The predicted molar refractivity (Wildman–Crippen MR) is 113 cm³/mol. The maximum Gasteiger partial charge on any atom is 0.164 e.